The highest BCUT2D eigenvalue weighted by Gasteiger charge is 2.38. The summed E-state index contributed by atoms with van der Waals surface area (Å²) in [6, 6.07) is 16.4. The summed E-state index contributed by atoms with van der Waals surface area (Å²) in [4.78, 5) is 54.1. The van der Waals surface area contributed by atoms with E-state index in [2.05, 4.69) is 10.6 Å². The number of nitrogens with zero attached hydrogens (tertiary/aromatic N) is 1. The highest BCUT2D eigenvalue weighted by atomic mass is 16.3. The van der Waals surface area contributed by atoms with Gasteiger partial charge in [0.1, 0.15) is 23.9 Å². The fourth-order valence-electron chi connectivity index (χ4n) is 5.05. The molecule has 3 aromatic carbocycles. The van der Waals surface area contributed by atoms with E-state index in [0.29, 0.717) is 24.9 Å². The molecule has 3 aromatic rings. The number of carbonyl (C=O) groups is 4. The van der Waals surface area contributed by atoms with Crippen LogP contribution in [0, 0.1) is 0 Å². The number of hydrogen-bond acceptors (Lipinski definition) is 6. The lowest BCUT2D eigenvalue weighted by atomic mass is 10.0. The van der Waals surface area contributed by atoms with Crippen LogP contribution >= 0.6 is 0 Å². The van der Waals surface area contributed by atoms with Crippen LogP contribution in [0.4, 0.5) is 0 Å². The summed E-state index contributed by atoms with van der Waals surface area (Å²) < 4.78 is 15.6. The van der Waals surface area contributed by atoms with Gasteiger partial charge in [0.2, 0.25) is 23.6 Å². The number of benzene rings is 3. The van der Waals surface area contributed by atoms with Gasteiger partial charge in [0.25, 0.3) is 0 Å². The normalized spacial score (nSPS) is 17.4. The predicted molar refractivity (Wildman–Crippen MR) is 158 cm³/mol. The van der Waals surface area contributed by atoms with Crippen LogP contribution in [0.3, 0.4) is 0 Å². The van der Waals surface area contributed by atoms with Gasteiger partial charge in [-0.3, -0.25) is 19.2 Å². The summed E-state index contributed by atoms with van der Waals surface area (Å²) in [6.07, 6.45) is 1.26. The molecule has 0 spiro atoms. The molecule has 220 valence electrons. The van der Waals surface area contributed by atoms with E-state index < -0.39 is 53.5 Å². The molecule has 1 fully saturated rings. The molecule has 0 saturated carbocycles. The van der Waals surface area contributed by atoms with Crippen molar-refractivity contribution in [3.8, 4) is 5.75 Å². The topological polar surface area (TPSA) is 168 Å². The number of carbonyl (C=O) groups excluding carboxylic acids is 4. The number of phenolic OH excluding ortho intramolecular Hbond substituents is 1. The van der Waals surface area contributed by atoms with Crippen molar-refractivity contribution in [1.82, 2.24) is 15.5 Å². The van der Waals surface area contributed by atoms with Crippen LogP contribution in [-0.2, 0) is 38.4 Å². The van der Waals surface area contributed by atoms with Gasteiger partial charge < -0.3 is 32.1 Å². The Hall–Kier alpha value is -4.70. The van der Waals surface area contributed by atoms with E-state index in [4.69, 9.17) is 14.2 Å². The van der Waals surface area contributed by atoms with Crippen molar-refractivity contribution in [3.05, 3.63) is 102 Å². The lowest BCUT2D eigenvalue weighted by Crippen LogP contribution is -2.58. The molecule has 1 aliphatic heterocycles. The van der Waals surface area contributed by atoms with Crippen LogP contribution in [-0.4, -0.2) is 64.3 Å². The van der Waals surface area contributed by atoms with Gasteiger partial charge in [0.05, 0.1) is 8.78 Å². The molecule has 4 atom stereocenters. The number of aromatic hydroxyl groups is 1. The van der Waals surface area contributed by atoms with Gasteiger partial charge in [-0.2, -0.15) is 0 Å². The van der Waals surface area contributed by atoms with Crippen molar-refractivity contribution >= 4 is 23.6 Å². The van der Waals surface area contributed by atoms with Crippen molar-refractivity contribution < 1.29 is 27.0 Å². The summed E-state index contributed by atoms with van der Waals surface area (Å²) in [5.74, 6) is -2.75. The molecule has 0 aromatic heterocycles. The van der Waals surface area contributed by atoms with Gasteiger partial charge in [-0.05, 0) is 48.0 Å². The number of likely N-dealkylation sites (tertiary alicyclic amines) is 1. The number of nitrogens with two attached hydrogens (primary N) is 2. The first-order valence-electron chi connectivity index (χ1n) is 14.9. The Morgan fingerprint density at radius 1 is 0.857 bits per heavy atom. The highest BCUT2D eigenvalue weighted by molar-refractivity contribution is 5.95. The van der Waals surface area contributed by atoms with Gasteiger partial charge in [-0.25, -0.2) is 0 Å². The lowest BCUT2D eigenvalue weighted by Gasteiger charge is -2.29. The molecular formula is C32H37N5O5. The molecule has 0 aliphatic carbocycles. The molecule has 7 N–H and O–H groups in total. The Kier molecular flexibility index (Phi) is 9.33. The number of primary amides is 1. The van der Waals surface area contributed by atoms with Gasteiger partial charge >= 0.3 is 0 Å². The van der Waals surface area contributed by atoms with Gasteiger partial charge in [0, 0.05) is 19.4 Å². The zero-order valence-corrected chi connectivity index (χ0v) is 23.2. The van der Waals surface area contributed by atoms with Crippen LogP contribution in [0.25, 0.3) is 0 Å². The smallest absolute Gasteiger partial charge is 0.243 e. The molecule has 4 amide bonds. The molecule has 10 heteroatoms. The maximum atomic E-state index is 13.6. The molecule has 1 heterocycles. The van der Waals surface area contributed by atoms with Crippen LogP contribution in [0.2, 0.25) is 0 Å². The zero-order valence-electron chi connectivity index (χ0n) is 25.2. The third-order valence-corrected chi connectivity index (χ3v) is 7.26. The molecule has 1 aliphatic rings. The zero-order chi connectivity index (χ0) is 31.8. The largest absolute Gasteiger partial charge is 0.508 e. The monoisotopic (exact) mass is 575 g/mol. The third-order valence-electron chi connectivity index (χ3n) is 7.26. The Labute approximate surface area is 247 Å². The van der Waals surface area contributed by atoms with Crippen molar-refractivity contribution in [1.29, 1.82) is 0 Å². The third kappa shape index (κ3) is 8.17. The van der Waals surface area contributed by atoms with Crippen molar-refractivity contribution in [2.45, 2.75) is 56.3 Å². The van der Waals surface area contributed by atoms with Gasteiger partial charge in [-0.1, -0.05) is 72.8 Å². The predicted octanol–water partition coefficient (Wildman–Crippen LogP) is 1.19. The molecule has 4 rings (SSSR count). The Bertz CT molecular complexity index is 1470. The first kappa shape index (κ1) is 27.5. The first-order valence-corrected chi connectivity index (χ1v) is 13.9. The number of rotatable bonds is 12. The van der Waals surface area contributed by atoms with Crippen LogP contribution in [0.15, 0.2) is 84.9 Å². The standard InChI is InChI=1S/C32H37N5O5/c33-25(18-23-13-15-24(38)16-14-23)32(42)37-17-7-12-28(37)31(41)36-27(20-22-10-5-2-6-11-22)30(40)35-26(29(34)39)19-21-8-3-1-4-9-21/h1-6,8-11,13-16,25-28,38H,7,12,17-20,33H2,(H2,34,39)(H,35,40)(H,36,41)/t25-,26-,27-,28-/m0/s1/i15T,16T. The van der Waals surface area contributed by atoms with E-state index in [1.165, 1.54) is 17.0 Å². The molecule has 42 heavy (non-hydrogen) atoms. The Morgan fingerprint density at radius 3 is 1.98 bits per heavy atom. The van der Waals surface area contributed by atoms with E-state index >= 15 is 0 Å². The summed E-state index contributed by atoms with van der Waals surface area (Å²) in [7, 11) is 0. The average molecular weight is 576 g/mol. The van der Waals surface area contributed by atoms with Crippen LogP contribution in [0.5, 0.6) is 5.75 Å². The highest BCUT2D eigenvalue weighted by Crippen LogP contribution is 2.20. The number of nitrogens with one attached hydrogen (secondary N) is 2. The second-order valence-electron chi connectivity index (χ2n) is 10.4. The molecule has 10 nitrogen and oxygen atoms in total. The summed E-state index contributed by atoms with van der Waals surface area (Å²) in [5, 5.41) is 15.2. The van der Waals surface area contributed by atoms with E-state index in [0.717, 1.165) is 11.1 Å². The van der Waals surface area contributed by atoms with E-state index in [1.807, 2.05) is 60.7 Å². The van der Waals surface area contributed by atoms with Crippen molar-refractivity contribution in [2.75, 3.05) is 6.54 Å². The first-order chi connectivity index (χ1) is 21.0. The fraction of sp³-hybridized carbons (Fsp3) is 0.312. The van der Waals surface area contributed by atoms with Crippen molar-refractivity contribution in [2.24, 2.45) is 11.5 Å². The molecule has 0 bridgehead atoms. The quantitative estimate of drug-likeness (QED) is 0.217. The summed E-state index contributed by atoms with van der Waals surface area (Å²) >= 11 is 0. The minimum Gasteiger partial charge on any atom is -0.508 e. The summed E-state index contributed by atoms with van der Waals surface area (Å²) in [6.45, 7) is 0.296. The molecule has 1 saturated heterocycles. The Balaban J connectivity index is 1.47. The lowest BCUT2D eigenvalue weighted by molar-refractivity contribution is -0.140. The van der Waals surface area contributed by atoms with E-state index in [1.54, 1.807) is 0 Å². The number of phenols is 1. The Morgan fingerprint density at radius 2 is 1.40 bits per heavy atom. The molecule has 0 unspecified atom stereocenters. The minimum atomic E-state index is -1.06. The summed E-state index contributed by atoms with van der Waals surface area (Å²) in [5.41, 5.74) is 13.9. The number of hydrogen-bond donors (Lipinski definition) is 5. The molecule has 0 radical (unpaired) electrons. The molecular weight excluding hydrogens is 534 g/mol. The number of amides is 4. The average Bonchev–Trinajstić information content (AvgIpc) is 3.50. The van der Waals surface area contributed by atoms with Gasteiger partial charge in [0.15, 0.2) is 0 Å². The minimum absolute atomic E-state index is 0.0106. The van der Waals surface area contributed by atoms with Crippen molar-refractivity contribution in [3.63, 3.8) is 0 Å². The van der Waals surface area contributed by atoms with Gasteiger partial charge in [-0.15, -0.1) is 0 Å². The second kappa shape index (κ2) is 14.3. The maximum Gasteiger partial charge on any atom is 0.243 e. The fourth-order valence-corrected chi connectivity index (χ4v) is 5.05. The SMILES string of the molecule is [3H]c1cc(C[C@H](N)C(=O)N2CCC[C@H]2C(=O)N[C@@H](Cc2ccccc2)C(=O)N[C@@H](Cc2ccccc2)C(N)=O)cc([3H])c1O. The van der Waals surface area contributed by atoms with Crippen LogP contribution < -0.4 is 22.1 Å². The van der Waals surface area contributed by atoms with E-state index in [9.17, 15) is 24.3 Å². The second-order valence-corrected chi connectivity index (χ2v) is 10.4. The van der Waals surface area contributed by atoms with Crippen LogP contribution in [0.1, 0.15) is 32.3 Å². The maximum absolute atomic E-state index is 13.6. The van der Waals surface area contributed by atoms with E-state index in [-0.39, 0.29) is 31.3 Å².